The number of nitrogens with one attached hydrogen (secondary N) is 2. The van der Waals surface area contributed by atoms with Gasteiger partial charge in [0.1, 0.15) is 12.4 Å². The summed E-state index contributed by atoms with van der Waals surface area (Å²) in [5, 5.41) is 3.22. The van der Waals surface area contributed by atoms with Gasteiger partial charge in [-0.1, -0.05) is 23.7 Å². The van der Waals surface area contributed by atoms with E-state index in [1.54, 1.807) is 35.8 Å². The van der Waals surface area contributed by atoms with Gasteiger partial charge in [-0.2, -0.15) is 4.98 Å². The first-order valence-corrected chi connectivity index (χ1v) is 12.6. The van der Waals surface area contributed by atoms with Crippen molar-refractivity contribution in [3.8, 4) is 0 Å². The molecule has 0 spiro atoms. The average Bonchev–Trinajstić information content (AvgIpc) is 3.19. The van der Waals surface area contributed by atoms with Crippen molar-refractivity contribution < 1.29 is 23.4 Å². The number of carbonyl (C=O) groups is 1. The van der Waals surface area contributed by atoms with Crippen molar-refractivity contribution in [2.75, 3.05) is 25.3 Å². The number of imidazole rings is 1. The zero-order valence-corrected chi connectivity index (χ0v) is 20.3. The molecule has 34 heavy (non-hydrogen) atoms. The number of benzene rings is 1. The van der Waals surface area contributed by atoms with E-state index in [0.717, 1.165) is 0 Å². The molecule has 0 radical (unpaired) electrons. The highest BCUT2D eigenvalue weighted by molar-refractivity contribution is 7.56. The highest BCUT2D eigenvalue weighted by atomic mass is 35.5. The summed E-state index contributed by atoms with van der Waals surface area (Å²) in [5.41, 5.74) is 6.31. The third-order valence-electron chi connectivity index (χ3n) is 4.59. The van der Waals surface area contributed by atoms with Crippen LogP contribution in [-0.4, -0.2) is 51.1 Å². The molecule has 12 nitrogen and oxygen atoms in total. The molecule has 0 fully saturated rings. The van der Waals surface area contributed by atoms with Crippen molar-refractivity contribution in [1.82, 2.24) is 24.6 Å². The third kappa shape index (κ3) is 6.87. The van der Waals surface area contributed by atoms with Gasteiger partial charge in [-0.15, -0.1) is 0 Å². The molecule has 2 atom stereocenters. The number of fused-ring (bicyclic) bond motifs is 1. The van der Waals surface area contributed by atoms with Gasteiger partial charge in [-0.25, -0.2) is 10.1 Å². The lowest BCUT2D eigenvalue weighted by Crippen LogP contribution is -2.34. The highest BCUT2D eigenvalue weighted by Crippen LogP contribution is 2.44. The summed E-state index contributed by atoms with van der Waals surface area (Å²) in [6.07, 6.45) is 1.12. The van der Waals surface area contributed by atoms with E-state index in [-0.39, 0.29) is 44.2 Å². The predicted octanol–water partition coefficient (Wildman–Crippen LogP) is 2.28. The van der Waals surface area contributed by atoms with Gasteiger partial charge in [0.2, 0.25) is 5.95 Å². The zero-order valence-electron chi connectivity index (χ0n) is 18.7. The third-order valence-corrected chi connectivity index (χ3v) is 6.67. The number of aromatic nitrogens is 4. The molecular weight excluding hydrogens is 487 g/mol. The molecule has 0 bridgehead atoms. The lowest BCUT2D eigenvalue weighted by molar-refractivity contribution is -0.144. The van der Waals surface area contributed by atoms with E-state index in [1.807, 2.05) is 0 Å². The number of aromatic amines is 1. The first kappa shape index (κ1) is 25.9. The van der Waals surface area contributed by atoms with E-state index >= 15 is 0 Å². The molecule has 4 N–H and O–H groups in total. The Bertz CT molecular complexity index is 1250. The Balaban J connectivity index is 1.65. The molecule has 0 aliphatic rings. The van der Waals surface area contributed by atoms with E-state index < -0.39 is 25.1 Å². The number of hydrogen-bond acceptors (Lipinski definition) is 9. The van der Waals surface area contributed by atoms with Gasteiger partial charge in [0.15, 0.2) is 11.2 Å². The van der Waals surface area contributed by atoms with Crippen LogP contribution in [0.5, 0.6) is 0 Å². The Morgan fingerprint density at radius 2 is 2.21 bits per heavy atom. The van der Waals surface area contributed by atoms with E-state index in [0.29, 0.717) is 16.2 Å². The standard InChI is InChI=1S/C20H26ClN6O6P/c1-3-32-19(29)13(2)26-34(30,33-10-14-5-4-6-15(21)9-14)12-31-8-7-27-11-23-16-17(27)24-20(22)25-18(16)28/h4-6,9,11,13H,3,7-8,10,12H2,1-2H3,(H,26,30)(H3,22,24,25,28)/t13-,34?/m0/s1. The Hall–Kier alpha value is -2.76. The maximum atomic E-state index is 13.5. The molecule has 1 aromatic carbocycles. The van der Waals surface area contributed by atoms with Crippen LogP contribution in [-0.2, 0) is 36.5 Å². The molecule has 2 aromatic heterocycles. The summed E-state index contributed by atoms with van der Waals surface area (Å²) < 4.78 is 31.3. The van der Waals surface area contributed by atoms with Crippen molar-refractivity contribution in [1.29, 1.82) is 0 Å². The van der Waals surface area contributed by atoms with Crippen LogP contribution in [0.2, 0.25) is 5.02 Å². The van der Waals surface area contributed by atoms with Crippen LogP contribution < -0.4 is 16.4 Å². The maximum absolute atomic E-state index is 13.5. The molecular formula is C20H26ClN6O6P. The van der Waals surface area contributed by atoms with Crippen LogP contribution in [0.15, 0.2) is 35.4 Å². The molecule has 1 unspecified atom stereocenters. The van der Waals surface area contributed by atoms with Gasteiger partial charge in [0.05, 0.1) is 26.1 Å². The Morgan fingerprint density at radius 3 is 2.94 bits per heavy atom. The number of H-pyrrole nitrogens is 1. The van der Waals surface area contributed by atoms with Crippen molar-refractivity contribution in [3.05, 3.63) is 51.5 Å². The number of esters is 1. The van der Waals surface area contributed by atoms with Crippen LogP contribution in [0, 0.1) is 0 Å². The summed E-state index contributed by atoms with van der Waals surface area (Å²) in [7, 11) is -3.64. The molecule has 3 aromatic rings. The first-order valence-electron chi connectivity index (χ1n) is 10.4. The minimum Gasteiger partial charge on any atom is -0.465 e. The second-order valence-electron chi connectivity index (χ2n) is 7.28. The molecule has 0 amide bonds. The largest absolute Gasteiger partial charge is 0.465 e. The van der Waals surface area contributed by atoms with Crippen LogP contribution >= 0.6 is 19.1 Å². The second-order valence-corrected chi connectivity index (χ2v) is 9.84. The van der Waals surface area contributed by atoms with Crippen LogP contribution in [0.25, 0.3) is 11.2 Å². The van der Waals surface area contributed by atoms with E-state index in [4.69, 9.17) is 31.3 Å². The number of rotatable bonds is 12. The van der Waals surface area contributed by atoms with E-state index in [2.05, 4.69) is 20.0 Å². The minimum atomic E-state index is -3.64. The number of nitrogens with two attached hydrogens (primary N) is 1. The van der Waals surface area contributed by atoms with Crippen LogP contribution in [0.3, 0.4) is 0 Å². The molecule has 0 aliphatic heterocycles. The van der Waals surface area contributed by atoms with Crippen LogP contribution in [0.1, 0.15) is 19.4 Å². The fourth-order valence-electron chi connectivity index (χ4n) is 3.01. The lowest BCUT2D eigenvalue weighted by atomic mass is 10.2. The normalized spacial score (nSPS) is 14.1. The average molecular weight is 513 g/mol. The number of ether oxygens (including phenoxy) is 2. The van der Waals surface area contributed by atoms with Crippen molar-refractivity contribution >= 4 is 42.2 Å². The van der Waals surface area contributed by atoms with E-state index in [9.17, 15) is 14.2 Å². The summed E-state index contributed by atoms with van der Waals surface area (Å²) in [5.74, 6) is -0.593. The van der Waals surface area contributed by atoms with Gasteiger partial charge in [-0.05, 0) is 31.5 Å². The lowest BCUT2D eigenvalue weighted by Gasteiger charge is -2.23. The summed E-state index contributed by atoms with van der Waals surface area (Å²) in [6, 6.07) is 6.04. The summed E-state index contributed by atoms with van der Waals surface area (Å²) >= 11 is 6.00. The Morgan fingerprint density at radius 1 is 1.41 bits per heavy atom. The molecule has 184 valence electrons. The predicted molar refractivity (Wildman–Crippen MR) is 126 cm³/mol. The smallest absolute Gasteiger partial charge is 0.323 e. The van der Waals surface area contributed by atoms with E-state index in [1.165, 1.54) is 13.3 Å². The van der Waals surface area contributed by atoms with Gasteiger partial charge < -0.3 is 24.3 Å². The van der Waals surface area contributed by atoms with Gasteiger partial charge >= 0.3 is 5.97 Å². The quantitative estimate of drug-likeness (QED) is 0.186. The second kappa shape index (κ2) is 11.6. The monoisotopic (exact) mass is 512 g/mol. The SMILES string of the molecule is CCOC(=O)[C@H](C)NP(=O)(COCCn1cnc2c(=O)[nH]c(N)nc21)OCc1cccc(Cl)c1. The molecule has 0 saturated carbocycles. The molecule has 0 aliphatic carbocycles. The van der Waals surface area contributed by atoms with Gasteiger partial charge in [-0.3, -0.25) is 19.1 Å². The Labute approximate surface area is 200 Å². The maximum Gasteiger partial charge on any atom is 0.323 e. The fraction of sp³-hybridized carbons (Fsp3) is 0.400. The molecule has 2 heterocycles. The molecule has 0 saturated heterocycles. The van der Waals surface area contributed by atoms with Gasteiger partial charge in [0.25, 0.3) is 13.1 Å². The van der Waals surface area contributed by atoms with Crippen molar-refractivity contribution in [3.63, 3.8) is 0 Å². The summed E-state index contributed by atoms with van der Waals surface area (Å²) in [6.45, 7) is 3.74. The fourth-order valence-corrected chi connectivity index (χ4v) is 4.87. The topological polar surface area (TPSA) is 163 Å². The van der Waals surface area contributed by atoms with Crippen molar-refractivity contribution in [2.45, 2.75) is 33.0 Å². The zero-order chi connectivity index (χ0) is 24.7. The summed E-state index contributed by atoms with van der Waals surface area (Å²) in [4.78, 5) is 34.4. The number of nitrogens with zero attached hydrogens (tertiary/aromatic N) is 3. The van der Waals surface area contributed by atoms with Crippen molar-refractivity contribution in [2.24, 2.45) is 0 Å². The minimum absolute atomic E-state index is 0.0120. The molecule has 14 heteroatoms. The van der Waals surface area contributed by atoms with Gasteiger partial charge in [0, 0.05) is 11.6 Å². The van der Waals surface area contributed by atoms with Crippen LogP contribution in [0.4, 0.5) is 5.95 Å². The number of anilines is 1. The number of halogens is 1. The first-order chi connectivity index (χ1) is 16.2. The highest BCUT2D eigenvalue weighted by Gasteiger charge is 2.29. The molecule has 3 rings (SSSR count). The Kier molecular flexibility index (Phi) is 8.81. The number of carbonyl (C=O) groups excluding carboxylic acids is 1. The number of hydrogen-bond donors (Lipinski definition) is 3. The number of nitrogen functional groups attached to an aromatic ring is 1.